The van der Waals surface area contributed by atoms with E-state index in [0.717, 1.165) is 4.31 Å². The number of halogens is 4. The Labute approximate surface area is 248 Å². The van der Waals surface area contributed by atoms with Crippen molar-refractivity contribution in [2.75, 3.05) is 10.8 Å². The van der Waals surface area contributed by atoms with Crippen molar-refractivity contribution in [2.45, 2.75) is 44.3 Å². The molecule has 3 aromatic carbocycles. The lowest BCUT2D eigenvalue weighted by Gasteiger charge is -2.32. The highest BCUT2D eigenvalue weighted by Crippen LogP contribution is 2.28. The SMILES string of the molecule is CC(C)NC(=O)[C@H](C)N(Cc1ccc(Cl)cc1Cl)C(=O)CN(c1cccc(Cl)c1)S(=O)(=O)c1ccc(Cl)cc1. The molecule has 0 radical (unpaired) electrons. The highest BCUT2D eigenvalue weighted by molar-refractivity contribution is 7.92. The summed E-state index contributed by atoms with van der Waals surface area (Å²) in [5.74, 6) is -1.04. The minimum absolute atomic E-state index is 0.0636. The van der Waals surface area contributed by atoms with E-state index >= 15 is 0 Å². The Kier molecular flexibility index (Phi) is 10.5. The van der Waals surface area contributed by atoms with Gasteiger partial charge in [-0.15, -0.1) is 0 Å². The fraction of sp³-hybridized carbons (Fsp3) is 0.259. The van der Waals surface area contributed by atoms with Crippen LogP contribution in [0.2, 0.25) is 20.1 Å². The Balaban J connectivity index is 2.05. The molecule has 3 aromatic rings. The summed E-state index contributed by atoms with van der Waals surface area (Å²) in [7, 11) is -4.24. The van der Waals surface area contributed by atoms with E-state index in [1.807, 2.05) is 0 Å². The lowest BCUT2D eigenvalue weighted by molar-refractivity contribution is -0.139. The van der Waals surface area contributed by atoms with Crippen molar-refractivity contribution in [2.24, 2.45) is 0 Å². The first-order valence-corrected chi connectivity index (χ1v) is 14.8. The quantitative estimate of drug-likeness (QED) is 0.279. The number of nitrogens with zero attached hydrogens (tertiary/aromatic N) is 2. The number of benzene rings is 3. The van der Waals surface area contributed by atoms with Gasteiger partial charge in [-0.3, -0.25) is 13.9 Å². The number of carbonyl (C=O) groups is 2. The summed E-state index contributed by atoms with van der Waals surface area (Å²) in [6.45, 7) is 4.48. The molecule has 7 nitrogen and oxygen atoms in total. The highest BCUT2D eigenvalue weighted by atomic mass is 35.5. The van der Waals surface area contributed by atoms with Gasteiger partial charge in [0.1, 0.15) is 12.6 Å². The molecule has 0 aliphatic heterocycles. The molecule has 0 heterocycles. The molecular weight excluding hydrogens is 604 g/mol. The molecule has 1 N–H and O–H groups in total. The standard InChI is InChI=1S/C27H27Cl4N3O4S/c1-17(2)32-27(36)18(3)33(15-19-7-8-22(30)14-25(19)31)26(35)16-34(23-6-4-5-21(29)13-23)39(37,38)24-11-9-20(28)10-12-24/h4-14,17-18H,15-16H2,1-3H3,(H,32,36)/t18-/m0/s1. The maximum absolute atomic E-state index is 13.9. The second-order valence-corrected chi connectivity index (χ2v) is 12.6. The zero-order valence-corrected chi connectivity index (χ0v) is 25.2. The molecule has 208 valence electrons. The van der Waals surface area contributed by atoms with Crippen LogP contribution in [0.3, 0.4) is 0 Å². The van der Waals surface area contributed by atoms with Gasteiger partial charge in [-0.1, -0.05) is 58.5 Å². The molecule has 1 atom stereocenters. The summed E-state index contributed by atoms with van der Waals surface area (Å²) in [6, 6.07) is 15.4. The molecule has 0 fully saturated rings. The Morgan fingerprint density at radius 3 is 2.05 bits per heavy atom. The van der Waals surface area contributed by atoms with Gasteiger partial charge in [0.2, 0.25) is 11.8 Å². The third-order valence-electron chi connectivity index (χ3n) is 5.73. The molecule has 0 saturated heterocycles. The van der Waals surface area contributed by atoms with E-state index < -0.39 is 34.4 Å². The average molecular weight is 631 g/mol. The van der Waals surface area contributed by atoms with Gasteiger partial charge in [0.05, 0.1) is 10.6 Å². The van der Waals surface area contributed by atoms with E-state index in [4.69, 9.17) is 46.4 Å². The molecule has 12 heteroatoms. The largest absolute Gasteiger partial charge is 0.352 e. The summed E-state index contributed by atoms with van der Waals surface area (Å²) in [6.07, 6.45) is 0. The monoisotopic (exact) mass is 629 g/mol. The molecule has 3 rings (SSSR count). The first kappa shape index (κ1) is 31.0. The molecule has 0 unspecified atom stereocenters. The molecule has 39 heavy (non-hydrogen) atoms. The second-order valence-electron chi connectivity index (χ2n) is 9.04. The Morgan fingerprint density at radius 2 is 1.46 bits per heavy atom. The lowest BCUT2D eigenvalue weighted by Crippen LogP contribution is -2.52. The third kappa shape index (κ3) is 8.02. The van der Waals surface area contributed by atoms with Crippen LogP contribution >= 0.6 is 46.4 Å². The topological polar surface area (TPSA) is 86.8 Å². The molecule has 0 spiro atoms. The summed E-state index contributed by atoms with van der Waals surface area (Å²) in [5.41, 5.74) is 0.711. The molecule has 0 aliphatic carbocycles. The predicted octanol–water partition coefficient (Wildman–Crippen LogP) is 6.44. The van der Waals surface area contributed by atoms with Crippen LogP contribution in [0, 0.1) is 0 Å². The van der Waals surface area contributed by atoms with Crippen LogP contribution in [0.25, 0.3) is 0 Å². The van der Waals surface area contributed by atoms with E-state index in [1.165, 1.54) is 47.4 Å². The Hall–Kier alpha value is -2.49. The van der Waals surface area contributed by atoms with Crippen molar-refractivity contribution < 1.29 is 18.0 Å². The van der Waals surface area contributed by atoms with Gasteiger partial charge in [-0.05, 0) is 80.9 Å². The molecular formula is C27H27Cl4N3O4S. The minimum Gasteiger partial charge on any atom is -0.352 e. The zero-order chi connectivity index (χ0) is 28.9. The van der Waals surface area contributed by atoms with Gasteiger partial charge in [0.15, 0.2) is 0 Å². The Morgan fingerprint density at radius 1 is 0.846 bits per heavy atom. The fourth-order valence-electron chi connectivity index (χ4n) is 3.71. The van der Waals surface area contributed by atoms with Crippen LogP contribution in [0.15, 0.2) is 71.6 Å². The van der Waals surface area contributed by atoms with Crippen molar-refractivity contribution in [1.82, 2.24) is 10.2 Å². The average Bonchev–Trinajstić information content (AvgIpc) is 2.86. The lowest BCUT2D eigenvalue weighted by atomic mass is 10.1. The van der Waals surface area contributed by atoms with Crippen LogP contribution in [-0.2, 0) is 26.2 Å². The van der Waals surface area contributed by atoms with Gasteiger partial charge in [-0.2, -0.15) is 0 Å². The summed E-state index contributed by atoms with van der Waals surface area (Å²) in [5, 5.41) is 4.15. The summed E-state index contributed by atoms with van der Waals surface area (Å²) < 4.78 is 28.5. The van der Waals surface area contributed by atoms with Crippen molar-refractivity contribution in [3.8, 4) is 0 Å². The molecule has 0 saturated carbocycles. The predicted molar refractivity (Wildman–Crippen MR) is 157 cm³/mol. The fourth-order valence-corrected chi connectivity index (χ4v) is 5.90. The van der Waals surface area contributed by atoms with E-state index in [9.17, 15) is 18.0 Å². The number of sulfonamides is 1. The number of carbonyl (C=O) groups excluding carboxylic acids is 2. The highest BCUT2D eigenvalue weighted by Gasteiger charge is 2.33. The van der Waals surface area contributed by atoms with E-state index in [2.05, 4.69) is 5.32 Å². The first-order valence-electron chi connectivity index (χ1n) is 11.9. The van der Waals surface area contributed by atoms with Crippen molar-refractivity contribution in [3.63, 3.8) is 0 Å². The van der Waals surface area contributed by atoms with E-state index in [0.29, 0.717) is 20.6 Å². The van der Waals surface area contributed by atoms with E-state index in [1.54, 1.807) is 45.0 Å². The molecule has 2 amide bonds. The number of nitrogens with one attached hydrogen (secondary N) is 1. The summed E-state index contributed by atoms with van der Waals surface area (Å²) >= 11 is 24.5. The zero-order valence-electron chi connectivity index (χ0n) is 21.4. The second kappa shape index (κ2) is 13.2. The van der Waals surface area contributed by atoms with Gasteiger partial charge in [0.25, 0.3) is 10.0 Å². The smallest absolute Gasteiger partial charge is 0.264 e. The molecule has 0 aliphatic rings. The normalized spacial score (nSPS) is 12.2. The van der Waals surface area contributed by atoms with Crippen LogP contribution in [0.5, 0.6) is 0 Å². The van der Waals surface area contributed by atoms with Gasteiger partial charge in [0, 0.05) is 32.7 Å². The number of anilines is 1. The Bertz CT molecular complexity index is 1450. The minimum atomic E-state index is -4.24. The maximum atomic E-state index is 13.9. The van der Waals surface area contributed by atoms with Gasteiger partial charge in [-0.25, -0.2) is 8.42 Å². The number of hydrogen-bond donors (Lipinski definition) is 1. The summed E-state index contributed by atoms with van der Waals surface area (Å²) in [4.78, 5) is 28.0. The van der Waals surface area contributed by atoms with Crippen LogP contribution in [-0.4, -0.2) is 43.8 Å². The number of hydrogen-bond acceptors (Lipinski definition) is 4. The molecule has 0 bridgehead atoms. The van der Waals surface area contributed by atoms with Gasteiger partial charge >= 0.3 is 0 Å². The van der Waals surface area contributed by atoms with E-state index in [-0.39, 0.29) is 28.2 Å². The van der Waals surface area contributed by atoms with Crippen molar-refractivity contribution in [3.05, 3.63) is 92.4 Å². The third-order valence-corrected chi connectivity index (χ3v) is 8.59. The van der Waals surface area contributed by atoms with Crippen LogP contribution < -0.4 is 9.62 Å². The maximum Gasteiger partial charge on any atom is 0.264 e. The van der Waals surface area contributed by atoms with Gasteiger partial charge < -0.3 is 10.2 Å². The van der Waals surface area contributed by atoms with Crippen LogP contribution in [0.4, 0.5) is 5.69 Å². The van der Waals surface area contributed by atoms with Crippen LogP contribution in [0.1, 0.15) is 26.3 Å². The molecule has 0 aromatic heterocycles. The van der Waals surface area contributed by atoms with Crippen molar-refractivity contribution >= 4 is 73.9 Å². The number of amides is 2. The number of rotatable bonds is 10. The van der Waals surface area contributed by atoms with Crippen molar-refractivity contribution in [1.29, 1.82) is 0 Å². The first-order chi connectivity index (χ1) is 18.3.